The summed E-state index contributed by atoms with van der Waals surface area (Å²) in [7, 11) is 0. The molecule has 0 aromatic heterocycles. The Hall–Kier alpha value is -3.18. The minimum Gasteiger partial charge on any atom is -0.384 e. The molecule has 2 amide bonds. The molecule has 10 nitrogen and oxygen atoms in total. The van der Waals surface area contributed by atoms with Crippen LogP contribution in [0.15, 0.2) is 69.2 Å². The van der Waals surface area contributed by atoms with Gasteiger partial charge in [-0.2, -0.15) is 5.10 Å². The van der Waals surface area contributed by atoms with E-state index in [1.807, 2.05) is 17.0 Å². The zero-order chi connectivity index (χ0) is 30.2. The van der Waals surface area contributed by atoms with Gasteiger partial charge in [0.25, 0.3) is 11.8 Å². The summed E-state index contributed by atoms with van der Waals surface area (Å²) < 4.78 is 0. The summed E-state index contributed by atoms with van der Waals surface area (Å²) in [5.41, 5.74) is 10.5. The average molecular weight is 604 g/mol. The predicted molar refractivity (Wildman–Crippen MR) is 166 cm³/mol. The molecule has 1 saturated heterocycles. The van der Waals surface area contributed by atoms with Gasteiger partial charge in [-0.15, -0.1) is 0 Å². The summed E-state index contributed by atoms with van der Waals surface area (Å²) in [6.45, 7) is 12.2. The number of halogens is 2. The molecule has 1 aromatic rings. The molecule has 1 spiro atoms. The number of piperidine rings is 1. The van der Waals surface area contributed by atoms with Crippen LogP contribution in [0.4, 0.5) is 0 Å². The summed E-state index contributed by atoms with van der Waals surface area (Å²) >= 11 is 11.9. The molecule has 1 atom stereocenters. The van der Waals surface area contributed by atoms with Gasteiger partial charge in [0.2, 0.25) is 0 Å². The van der Waals surface area contributed by atoms with Crippen molar-refractivity contribution in [3.05, 3.63) is 70.3 Å². The second-order valence-electron chi connectivity index (χ2n) is 11.4. The Morgan fingerprint density at radius 1 is 1.29 bits per heavy atom. The molecule has 0 saturated carbocycles. The number of allylic oxidation sites excluding steroid dienone is 3. The van der Waals surface area contributed by atoms with Crippen LogP contribution in [0.1, 0.15) is 68.4 Å². The first kappa shape index (κ1) is 32.3. The monoisotopic (exact) mass is 602 g/mol. The lowest BCUT2D eigenvalue weighted by Gasteiger charge is -2.44. The number of nitrogens with two attached hydrogens (primary N) is 2. The van der Waals surface area contributed by atoms with Gasteiger partial charge >= 0.3 is 0 Å². The van der Waals surface area contributed by atoms with Crippen molar-refractivity contribution in [3.8, 4) is 0 Å². The van der Waals surface area contributed by atoms with Gasteiger partial charge in [-0.05, 0) is 66.8 Å². The Labute approximate surface area is 251 Å². The van der Waals surface area contributed by atoms with E-state index in [-0.39, 0.29) is 35.7 Å². The molecule has 1 aromatic carbocycles. The number of nitrogens with zero attached hydrogens (tertiary/aromatic N) is 3. The molecule has 2 aliphatic rings. The van der Waals surface area contributed by atoms with E-state index >= 15 is 0 Å². The fraction of sp³-hybridized carbons (Fsp3) is 0.448. The second kappa shape index (κ2) is 14.1. The summed E-state index contributed by atoms with van der Waals surface area (Å²) in [5.74, 6) is 4.78. The first-order valence-corrected chi connectivity index (χ1v) is 14.4. The topological polar surface area (TPSA) is 150 Å². The molecule has 0 aliphatic carbocycles. The zero-order valence-electron chi connectivity index (χ0n) is 23.8. The fourth-order valence-electron chi connectivity index (χ4n) is 5.04. The highest BCUT2D eigenvalue weighted by molar-refractivity contribution is 6.47. The van der Waals surface area contributed by atoms with Gasteiger partial charge in [-0.3, -0.25) is 14.6 Å². The van der Waals surface area contributed by atoms with Crippen molar-refractivity contribution in [3.63, 3.8) is 0 Å². The molecule has 3 rings (SSSR count). The van der Waals surface area contributed by atoms with E-state index in [2.05, 4.69) is 48.6 Å². The Morgan fingerprint density at radius 3 is 2.54 bits per heavy atom. The summed E-state index contributed by atoms with van der Waals surface area (Å²) in [4.78, 5) is 33.8. The maximum absolute atomic E-state index is 14.2. The van der Waals surface area contributed by atoms with Gasteiger partial charge in [0.15, 0.2) is 0 Å². The van der Waals surface area contributed by atoms with Crippen LogP contribution >= 0.6 is 23.2 Å². The van der Waals surface area contributed by atoms with E-state index in [9.17, 15) is 9.59 Å². The molecule has 2 aliphatic heterocycles. The number of carbonyl (C=O) groups excluding carboxylic acids is 2. The van der Waals surface area contributed by atoms with Gasteiger partial charge in [0.1, 0.15) is 17.2 Å². The molecule has 12 heteroatoms. The molecule has 7 N–H and O–H groups in total. The smallest absolute Gasteiger partial charge is 0.275 e. The summed E-state index contributed by atoms with van der Waals surface area (Å²) in [6.07, 6.45) is 6.05. The van der Waals surface area contributed by atoms with Crippen LogP contribution in [-0.4, -0.2) is 53.6 Å². The first-order chi connectivity index (χ1) is 19.4. The zero-order valence-corrected chi connectivity index (χ0v) is 25.4. The number of carbonyl (C=O) groups is 2. The number of hydrazine groups is 1. The van der Waals surface area contributed by atoms with E-state index in [0.29, 0.717) is 34.7 Å². The Bertz CT molecular complexity index is 1240. The lowest BCUT2D eigenvalue weighted by atomic mass is 9.85. The summed E-state index contributed by atoms with van der Waals surface area (Å²) in [6, 6.07) is 7.03. The van der Waals surface area contributed by atoms with Gasteiger partial charge in [-0.1, -0.05) is 62.7 Å². The van der Waals surface area contributed by atoms with Crippen LogP contribution < -0.4 is 27.7 Å². The number of aliphatic imine (C=N–C) groups is 1. The molecule has 1 fully saturated rings. The quantitative estimate of drug-likeness (QED) is 0.0854. The third-order valence-electron chi connectivity index (χ3n) is 7.11. The van der Waals surface area contributed by atoms with Crippen molar-refractivity contribution >= 4 is 46.6 Å². The summed E-state index contributed by atoms with van der Waals surface area (Å²) in [5, 5.41) is 10.1. The van der Waals surface area contributed by atoms with Gasteiger partial charge in [0, 0.05) is 29.0 Å². The highest BCUT2D eigenvalue weighted by Crippen LogP contribution is 2.43. The van der Waals surface area contributed by atoms with Gasteiger partial charge in [-0.25, -0.2) is 11.4 Å². The third-order valence-corrected chi connectivity index (χ3v) is 7.47. The molecular formula is C29H40Cl2N8O2. The van der Waals surface area contributed by atoms with Crippen molar-refractivity contribution in [1.29, 1.82) is 0 Å². The van der Waals surface area contributed by atoms with Crippen molar-refractivity contribution < 1.29 is 9.59 Å². The lowest BCUT2D eigenvalue weighted by molar-refractivity contribution is -0.132. The number of nitrogens with one attached hydrogen (secondary N) is 3. The number of amides is 2. The van der Waals surface area contributed by atoms with Crippen LogP contribution in [0, 0.1) is 5.41 Å². The molecule has 222 valence electrons. The Kier molecular flexibility index (Phi) is 11.1. The largest absolute Gasteiger partial charge is 0.384 e. The normalized spacial score (nSPS) is 18.5. The van der Waals surface area contributed by atoms with E-state index in [1.54, 1.807) is 18.2 Å². The van der Waals surface area contributed by atoms with E-state index in [0.717, 1.165) is 31.5 Å². The SMILES string of the molecule is C=C(/C=C(Cl)\C=C\Cl)C1=NC2(CCNCC2)N(C(CCC(C)(C)C)c2ccc(C(=O)NC/C(N)=N/NN)cc2)C1=O. The minimum absolute atomic E-state index is 0.0411. The number of hydrazone groups is 1. The van der Waals surface area contributed by atoms with Crippen molar-refractivity contribution in [2.24, 2.45) is 27.1 Å². The van der Waals surface area contributed by atoms with Gasteiger partial charge < -0.3 is 21.3 Å². The molecule has 2 heterocycles. The Balaban J connectivity index is 1.98. The maximum atomic E-state index is 14.2. The molecular weight excluding hydrogens is 563 g/mol. The van der Waals surface area contributed by atoms with Crippen LogP contribution in [0.5, 0.6) is 0 Å². The van der Waals surface area contributed by atoms with Crippen LogP contribution in [0.25, 0.3) is 0 Å². The number of hydrogen-bond acceptors (Lipinski definition) is 7. The van der Waals surface area contributed by atoms with Crippen LogP contribution in [0.3, 0.4) is 0 Å². The van der Waals surface area contributed by atoms with Crippen molar-refractivity contribution in [2.45, 2.75) is 58.2 Å². The number of rotatable bonds is 11. The molecule has 0 radical (unpaired) electrons. The second-order valence-corrected chi connectivity index (χ2v) is 12.1. The standard InChI is InChI=1S/C29H40Cl2N8O2/c1-19(17-22(31)10-14-30)25-27(41)39(29(36-25)12-15-34-16-13-29)23(9-11-28(2,3)4)20-5-7-21(8-6-20)26(40)35-18-24(32)37-38-33/h5-8,10,14,17,23,34,38H,1,9,11-13,15-16,18,33H2,2-4H3,(H2,32,37)(H,35,40)/b14-10+,22-17+. The van der Waals surface area contributed by atoms with Crippen molar-refractivity contribution in [1.82, 2.24) is 21.1 Å². The lowest BCUT2D eigenvalue weighted by Crippen LogP contribution is -2.54. The minimum atomic E-state index is -0.713. The van der Waals surface area contributed by atoms with Gasteiger partial charge in [0.05, 0.1) is 12.6 Å². The fourth-order valence-corrected chi connectivity index (χ4v) is 5.44. The highest BCUT2D eigenvalue weighted by Gasteiger charge is 2.51. The van der Waals surface area contributed by atoms with E-state index in [4.69, 9.17) is 39.8 Å². The number of benzene rings is 1. The number of hydrogen-bond donors (Lipinski definition) is 5. The molecule has 41 heavy (non-hydrogen) atoms. The number of amidine groups is 1. The van der Waals surface area contributed by atoms with Crippen LogP contribution in [0.2, 0.25) is 0 Å². The molecule has 0 bridgehead atoms. The van der Waals surface area contributed by atoms with Crippen LogP contribution in [-0.2, 0) is 4.79 Å². The third kappa shape index (κ3) is 8.42. The van der Waals surface area contributed by atoms with E-state index < -0.39 is 5.66 Å². The maximum Gasteiger partial charge on any atom is 0.275 e. The first-order valence-electron chi connectivity index (χ1n) is 13.5. The van der Waals surface area contributed by atoms with E-state index in [1.165, 1.54) is 11.6 Å². The van der Waals surface area contributed by atoms with Crippen molar-refractivity contribution in [2.75, 3.05) is 19.6 Å². The highest BCUT2D eigenvalue weighted by atomic mass is 35.5. The predicted octanol–water partition coefficient (Wildman–Crippen LogP) is 3.81. The Morgan fingerprint density at radius 2 is 1.95 bits per heavy atom. The molecule has 1 unspecified atom stereocenters. The average Bonchev–Trinajstić information content (AvgIpc) is 3.19.